The summed E-state index contributed by atoms with van der Waals surface area (Å²) < 4.78 is 16.6. The summed E-state index contributed by atoms with van der Waals surface area (Å²) in [6.45, 7) is 8.10. The maximum atomic E-state index is 11.3. The highest BCUT2D eigenvalue weighted by Crippen LogP contribution is 2.36. The molecule has 0 aliphatic carbocycles. The average molecular weight is 342 g/mol. The molecule has 2 N–H and O–H groups in total. The molecule has 2 rings (SSSR count). The van der Waals surface area contributed by atoms with E-state index in [2.05, 4.69) is 4.74 Å². The molecule has 1 heterocycles. The molecule has 0 saturated carbocycles. The van der Waals surface area contributed by atoms with E-state index in [4.69, 9.17) is 15.0 Å². The highest BCUT2D eigenvalue weighted by molar-refractivity contribution is 6.62. The summed E-state index contributed by atoms with van der Waals surface area (Å²) in [5, 5.41) is 0. The smallest absolute Gasteiger partial charge is 0.468 e. The van der Waals surface area contributed by atoms with Crippen molar-refractivity contribution in [2.75, 3.05) is 7.11 Å². The van der Waals surface area contributed by atoms with Crippen molar-refractivity contribution >= 4 is 31.0 Å². The van der Waals surface area contributed by atoms with Crippen LogP contribution < -0.4 is 11.2 Å². The summed E-state index contributed by atoms with van der Waals surface area (Å²) in [6, 6.07) is 7.11. The minimum atomic E-state index is -0.646. The third-order valence-corrected chi connectivity index (χ3v) is 4.46. The van der Waals surface area contributed by atoms with Crippen molar-refractivity contribution < 1.29 is 18.8 Å². The van der Waals surface area contributed by atoms with Crippen LogP contribution >= 0.6 is 12.4 Å². The van der Waals surface area contributed by atoms with Gasteiger partial charge in [0.05, 0.1) is 18.3 Å². The van der Waals surface area contributed by atoms with Crippen LogP contribution in [0.5, 0.6) is 0 Å². The number of ether oxygens (including phenoxy) is 1. The molecule has 128 valence electrons. The van der Waals surface area contributed by atoms with Gasteiger partial charge in [0, 0.05) is 0 Å². The zero-order valence-corrected chi connectivity index (χ0v) is 15.1. The maximum Gasteiger partial charge on any atom is 0.494 e. The van der Waals surface area contributed by atoms with E-state index in [1.165, 1.54) is 7.11 Å². The molecule has 1 aromatic carbocycles. The van der Waals surface area contributed by atoms with Gasteiger partial charge in [-0.25, -0.2) is 0 Å². The lowest BCUT2D eigenvalue weighted by atomic mass is 9.78. The maximum absolute atomic E-state index is 11.3. The number of benzene rings is 1. The Kier molecular flexibility index (Phi) is 6.27. The van der Waals surface area contributed by atoms with Gasteiger partial charge in [-0.2, -0.15) is 0 Å². The van der Waals surface area contributed by atoms with Gasteiger partial charge in [-0.3, -0.25) is 4.79 Å². The van der Waals surface area contributed by atoms with Gasteiger partial charge in [0.15, 0.2) is 0 Å². The predicted molar refractivity (Wildman–Crippen MR) is 93.1 cm³/mol. The lowest BCUT2D eigenvalue weighted by Gasteiger charge is -2.32. The van der Waals surface area contributed by atoms with E-state index in [0.29, 0.717) is 6.42 Å². The van der Waals surface area contributed by atoms with Gasteiger partial charge in [0.25, 0.3) is 0 Å². The van der Waals surface area contributed by atoms with Crippen LogP contribution in [0, 0.1) is 0 Å². The van der Waals surface area contributed by atoms with Gasteiger partial charge in [-0.15, -0.1) is 12.4 Å². The molecule has 0 aromatic heterocycles. The van der Waals surface area contributed by atoms with Crippen LogP contribution in [0.3, 0.4) is 0 Å². The van der Waals surface area contributed by atoms with Crippen LogP contribution in [0.4, 0.5) is 0 Å². The number of halogens is 1. The Hall–Kier alpha value is -1.08. The quantitative estimate of drug-likeness (QED) is 0.663. The predicted octanol–water partition coefficient (Wildman–Crippen LogP) is 1.45. The van der Waals surface area contributed by atoms with Gasteiger partial charge in [-0.05, 0) is 45.1 Å². The highest BCUT2D eigenvalue weighted by Gasteiger charge is 2.51. The second kappa shape index (κ2) is 7.22. The van der Waals surface area contributed by atoms with E-state index < -0.39 is 12.0 Å². The zero-order chi connectivity index (χ0) is 16.5. The van der Waals surface area contributed by atoms with Gasteiger partial charge in [-0.1, -0.05) is 24.3 Å². The van der Waals surface area contributed by atoms with Crippen molar-refractivity contribution in [3.05, 3.63) is 29.8 Å². The van der Waals surface area contributed by atoms with Crippen LogP contribution in [0.15, 0.2) is 24.3 Å². The van der Waals surface area contributed by atoms with Gasteiger partial charge in [0.2, 0.25) is 0 Å². The van der Waals surface area contributed by atoms with Gasteiger partial charge < -0.3 is 19.8 Å². The molecule has 1 aromatic rings. The molecule has 0 radical (unpaired) electrons. The summed E-state index contributed by atoms with van der Waals surface area (Å²) in [5.74, 6) is -0.407. The summed E-state index contributed by atoms with van der Waals surface area (Å²) in [6.07, 6.45) is 0.441. The molecule has 1 fully saturated rings. The van der Waals surface area contributed by atoms with E-state index in [1.54, 1.807) is 0 Å². The standard InChI is InChI=1S/C16H24BNO4.ClH/c1-15(2)16(3,4)22-17(21-15)12-8-6-11(7-9-12)10-13(18)14(19)20-5;/h6-9,13H,10,18H2,1-5H3;1H/t13-;/m0./s1. The third-order valence-electron chi connectivity index (χ3n) is 4.46. The first-order chi connectivity index (χ1) is 10.2. The fourth-order valence-corrected chi connectivity index (χ4v) is 2.28. The van der Waals surface area contributed by atoms with Crippen molar-refractivity contribution in [1.29, 1.82) is 0 Å². The normalized spacial score (nSPS) is 19.8. The van der Waals surface area contributed by atoms with Crippen LogP contribution in [-0.2, 0) is 25.3 Å². The molecule has 1 saturated heterocycles. The number of methoxy groups -OCH3 is 1. The van der Waals surface area contributed by atoms with E-state index >= 15 is 0 Å². The Balaban J connectivity index is 0.00000264. The molecule has 1 aliphatic heterocycles. The first kappa shape index (κ1) is 20.0. The lowest BCUT2D eigenvalue weighted by Crippen LogP contribution is -2.41. The molecule has 0 spiro atoms. The van der Waals surface area contributed by atoms with Gasteiger partial charge in [0.1, 0.15) is 6.04 Å². The highest BCUT2D eigenvalue weighted by atomic mass is 35.5. The first-order valence-electron chi connectivity index (χ1n) is 7.44. The van der Waals surface area contributed by atoms with Crippen molar-refractivity contribution in [2.45, 2.75) is 51.4 Å². The molecule has 23 heavy (non-hydrogen) atoms. The lowest BCUT2D eigenvalue weighted by molar-refractivity contribution is -0.142. The van der Waals surface area contributed by atoms with Crippen LogP contribution in [0.25, 0.3) is 0 Å². The molecule has 0 amide bonds. The Morgan fingerprint density at radius 1 is 1.17 bits per heavy atom. The Morgan fingerprint density at radius 3 is 2.09 bits per heavy atom. The summed E-state index contributed by atoms with van der Waals surface area (Å²) in [7, 11) is 0.956. The molecule has 5 nitrogen and oxygen atoms in total. The Labute approximate surface area is 144 Å². The van der Waals surface area contributed by atoms with Gasteiger partial charge >= 0.3 is 13.1 Å². The number of carbonyl (C=O) groups excluding carboxylic acids is 1. The molecule has 0 unspecified atom stereocenters. The number of rotatable bonds is 4. The molecule has 1 aliphatic rings. The molecule has 1 atom stereocenters. The van der Waals surface area contributed by atoms with E-state index in [9.17, 15) is 4.79 Å². The Morgan fingerprint density at radius 2 is 1.65 bits per heavy atom. The van der Waals surface area contributed by atoms with E-state index in [0.717, 1.165) is 11.0 Å². The average Bonchev–Trinajstić information content (AvgIpc) is 2.67. The minimum Gasteiger partial charge on any atom is -0.468 e. The molecule has 0 bridgehead atoms. The minimum absolute atomic E-state index is 0. The fourth-order valence-electron chi connectivity index (χ4n) is 2.28. The summed E-state index contributed by atoms with van der Waals surface area (Å²) >= 11 is 0. The van der Waals surface area contributed by atoms with E-state index in [-0.39, 0.29) is 30.7 Å². The summed E-state index contributed by atoms with van der Waals surface area (Å²) in [4.78, 5) is 11.3. The Bertz CT molecular complexity index is 532. The van der Waals surface area contributed by atoms with Crippen LogP contribution in [0.1, 0.15) is 33.3 Å². The monoisotopic (exact) mass is 341 g/mol. The number of carbonyl (C=O) groups is 1. The third kappa shape index (κ3) is 4.26. The van der Waals surface area contributed by atoms with E-state index in [1.807, 2.05) is 52.0 Å². The number of hydrogen-bond acceptors (Lipinski definition) is 5. The largest absolute Gasteiger partial charge is 0.494 e. The van der Waals surface area contributed by atoms with Crippen molar-refractivity contribution in [3.8, 4) is 0 Å². The number of hydrogen-bond donors (Lipinski definition) is 1. The fraction of sp³-hybridized carbons (Fsp3) is 0.562. The molecular formula is C16H25BClNO4. The van der Waals surface area contributed by atoms with Crippen molar-refractivity contribution in [2.24, 2.45) is 5.73 Å². The molecular weight excluding hydrogens is 316 g/mol. The second-order valence-corrected chi connectivity index (χ2v) is 6.66. The number of esters is 1. The van der Waals surface area contributed by atoms with Crippen molar-refractivity contribution in [3.63, 3.8) is 0 Å². The topological polar surface area (TPSA) is 70.8 Å². The number of nitrogens with two attached hydrogens (primary N) is 1. The first-order valence-corrected chi connectivity index (χ1v) is 7.44. The summed E-state index contributed by atoms with van der Waals surface area (Å²) in [5.41, 5.74) is 6.98. The SMILES string of the molecule is COC(=O)[C@@H](N)Cc1ccc(B2OC(C)(C)C(C)(C)O2)cc1.Cl. The zero-order valence-electron chi connectivity index (χ0n) is 14.3. The van der Waals surface area contributed by atoms with Crippen LogP contribution in [-0.4, -0.2) is 37.4 Å². The van der Waals surface area contributed by atoms with Crippen molar-refractivity contribution in [1.82, 2.24) is 0 Å². The van der Waals surface area contributed by atoms with Crippen LogP contribution in [0.2, 0.25) is 0 Å². The second-order valence-electron chi connectivity index (χ2n) is 6.66. The molecule has 7 heteroatoms.